The molecule has 5 aliphatic rings. The van der Waals surface area contributed by atoms with Crippen LogP contribution >= 0.6 is 0 Å². The van der Waals surface area contributed by atoms with E-state index in [1.54, 1.807) is 19.6 Å². The number of urea groups is 2. The number of carbonyl (C=O) groups excluding carboxylic acids is 2. The van der Waals surface area contributed by atoms with E-state index in [0.29, 0.717) is 6.54 Å². The molecule has 294 valence electrons. The maximum atomic E-state index is 14.4. The molecule has 0 aromatic carbocycles. The zero-order chi connectivity index (χ0) is 36.2. The van der Waals surface area contributed by atoms with Gasteiger partial charge in [-0.25, -0.2) is 9.59 Å². The Labute approximate surface area is 310 Å². The van der Waals surface area contributed by atoms with Gasteiger partial charge in [-0.3, -0.25) is 14.7 Å². The first kappa shape index (κ1) is 40.6. The number of hydrogen-bond acceptors (Lipinski definition) is 6. The van der Waals surface area contributed by atoms with E-state index in [-0.39, 0.29) is 63.4 Å². The van der Waals surface area contributed by atoms with Gasteiger partial charge in [-0.15, -0.1) is 0 Å². The Morgan fingerprint density at radius 1 is 0.569 bits per heavy atom. The first-order valence-corrected chi connectivity index (χ1v) is 21.3. The van der Waals surface area contributed by atoms with Gasteiger partial charge in [-0.1, -0.05) is 53.4 Å². The van der Waals surface area contributed by atoms with E-state index in [4.69, 9.17) is 18.9 Å². The third-order valence-electron chi connectivity index (χ3n) is 13.5. The smallest absolute Gasteiger partial charge is 0.325 e. The zero-order valence-corrected chi connectivity index (χ0v) is 33.1. The van der Waals surface area contributed by atoms with E-state index in [1.807, 2.05) is 7.05 Å². The first-order valence-electron chi connectivity index (χ1n) is 21.3. The van der Waals surface area contributed by atoms with Gasteiger partial charge in [0.25, 0.3) is 0 Å². The monoisotopic (exact) mass is 719 g/mol. The van der Waals surface area contributed by atoms with E-state index in [0.717, 1.165) is 87.9 Å². The molecule has 0 bridgehead atoms. The van der Waals surface area contributed by atoms with Gasteiger partial charge < -0.3 is 23.8 Å². The minimum atomic E-state index is -0.522. The average molecular weight is 719 g/mol. The lowest BCUT2D eigenvalue weighted by Gasteiger charge is -2.38. The third-order valence-corrected chi connectivity index (χ3v) is 13.5. The number of ether oxygens (including phenoxy) is 4. The molecule has 0 N–H and O–H groups in total. The van der Waals surface area contributed by atoms with Crippen molar-refractivity contribution in [2.45, 2.75) is 187 Å². The molecule has 1 atom stereocenters. The summed E-state index contributed by atoms with van der Waals surface area (Å²) in [6, 6.07) is -0.302. The quantitative estimate of drug-likeness (QED) is 0.140. The Hall–Kier alpha value is -1.62. The molecule has 1 heterocycles. The van der Waals surface area contributed by atoms with Gasteiger partial charge in [0, 0.05) is 7.05 Å². The summed E-state index contributed by atoms with van der Waals surface area (Å²) in [6.07, 6.45) is 22.6. The van der Waals surface area contributed by atoms with Crippen molar-refractivity contribution < 1.29 is 28.5 Å². The molecule has 0 aromatic rings. The molecule has 4 amide bonds. The maximum absolute atomic E-state index is 14.4. The van der Waals surface area contributed by atoms with Crippen molar-refractivity contribution in [2.75, 3.05) is 40.5 Å². The fourth-order valence-electron chi connectivity index (χ4n) is 9.35. The van der Waals surface area contributed by atoms with E-state index < -0.39 is 6.17 Å². The van der Waals surface area contributed by atoms with Crippen LogP contribution in [0.4, 0.5) is 9.59 Å². The molecule has 4 aliphatic carbocycles. The largest absolute Gasteiger partial charge is 0.358 e. The molecule has 0 spiro atoms. The topological polar surface area (TPSA) is 84.0 Å². The second-order valence-corrected chi connectivity index (χ2v) is 16.8. The van der Waals surface area contributed by atoms with Gasteiger partial charge in [-0.2, -0.15) is 0 Å². The van der Waals surface area contributed by atoms with Crippen LogP contribution in [0.25, 0.3) is 0 Å². The lowest BCUT2D eigenvalue weighted by Crippen LogP contribution is -2.55. The number of hydrogen-bond donors (Lipinski definition) is 0. The summed E-state index contributed by atoms with van der Waals surface area (Å²) in [4.78, 5) is 35.6. The van der Waals surface area contributed by atoms with Gasteiger partial charge in [-0.05, 0) is 126 Å². The summed E-state index contributed by atoms with van der Waals surface area (Å²) in [5.74, 6) is 3.10. The van der Waals surface area contributed by atoms with Gasteiger partial charge in [0.15, 0.2) is 0 Å². The Morgan fingerprint density at radius 2 is 0.941 bits per heavy atom. The molecule has 1 saturated heterocycles. The van der Waals surface area contributed by atoms with E-state index >= 15 is 0 Å². The van der Waals surface area contributed by atoms with Gasteiger partial charge >= 0.3 is 12.1 Å². The van der Waals surface area contributed by atoms with Crippen LogP contribution in [0.2, 0.25) is 0 Å². The van der Waals surface area contributed by atoms with Crippen LogP contribution in [-0.2, 0) is 18.9 Å². The van der Waals surface area contributed by atoms with E-state index in [9.17, 15) is 9.59 Å². The molecule has 10 nitrogen and oxygen atoms in total. The highest BCUT2D eigenvalue weighted by molar-refractivity contribution is 5.79. The van der Waals surface area contributed by atoms with Crippen molar-refractivity contribution in [1.29, 1.82) is 0 Å². The average Bonchev–Trinajstić information content (AvgIpc) is 3.49. The minimum absolute atomic E-state index is 0.117. The van der Waals surface area contributed by atoms with Gasteiger partial charge in [0.2, 0.25) is 0 Å². The number of carbonyl (C=O) groups is 2. The van der Waals surface area contributed by atoms with Crippen molar-refractivity contribution >= 4 is 12.1 Å². The fourth-order valence-corrected chi connectivity index (χ4v) is 9.35. The van der Waals surface area contributed by atoms with E-state index in [2.05, 4.69) is 27.7 Å². The summed E-state index contributed by atoms with van der Waals surface area (Å²) in [5.41, 5.74) is 0. The van der Waals surface area contributed by atoms with Crippen LogP contribution in [0.3, 0.4) is 0 Å². The van der Waals surface area contributed by atoms with Gasteiger partial charge in [0.05, 0.1) is 31.0 Å². The van der Waals surface area contributed by atoms with Crippen LogP contribution in [0.1, 0.15) is 156 Å². The highest BCUT2D eigenvalue weighted by atomic mass is 16.5. The molecule has 0 radical (unpaired) electrons. The second-order valence-electron chi connectivity index (χ2n) is 16.8. The Kier molecular flexibility index (Phi) is 16.5. The zero-order valence-electron chi connectivity index (χ0n) is 33.1. The summed E-state index contributed by atoms with van der Waals surface area (Å²) in [7, 11) is 1.82. The Bertz CT molecular complexity index is 1020. The molecule has 1 aliphatic heterocycles. The Balaban J connectivity index is 1.27. The Morgan fingerprint density at radius 3 is 1.35 bits per heavy atom. The lowest BCUT2D eigenvalue weighted by atomic mass is 9.86. The summed E-state index contributed by atoms with van der Waals surface area (Å²) in [6.45, 7) is 10.2. The molecule has 1 unspecified atom stereocenters. The van der Waals surface area contributed by atoms with Crippen LogP contribution in [0, 0.1) is 23.7 Å². The molecule has 4 saturated carbocycles. The fraction of sp³-hybridized carbons (Fsp3) is 0.951. The maximum Gasteiger partial charge on any atom is 0.325 e. The summed E-state index contributed by atoms with van der Waals surface area (Å²) < 4.78 is 25.8. The molecule has 0 aromatic heterocycles. The standard InChI is InChI=1S/C41H74N4O6/c1-6-31-10-18-35(19-11-31)48-27-42(5)40(46)44(29-50-37-22-14-33(8-3)15-23-37)39-26-43(28-49-36-20-12-32(7-2)13-21-36)41(47)45(39)30-51-38-24-16-34(9-4)17-25-38/h31-39H,6-30H2,1-5H3. The molecule has 51 heavy (non-hydrogen) atoms. The van der Waals surface area contributed by atoms with Crippen molar-refractivity contribution in [3.63, 3.8) is 0 Å². The molecule has 5 rings (SSSR count). The normalized spacial score (nSPS) is 33.4. The van der Waals surface area contributed by atoms with Crippen LogP contribution in [0.5, 0.6) is 0 Å². The second kappa shape index (κ2) is 20.7. The number of nitrogens with zero attached hydrogens (tertiary/aromatic N) is 4. The van der Waals surface area contributed by atoms with Crippen LogP contribution < -0.4 is 0 Å². The van der Waals surface area contributed by atoms with Crippen LogP contribution in [-0.4, -0.2) is 103 Å². The van der Waals surface area contributed by atoms with Crippen molar-refractivity contribution in [1.82, 2.24) is 19.6 Å². The predicted molar refractivity (Wildman–Crippen MR) is 201 cm³/mol. The SMILES string of the molecule is CCC1CCC(OCN(C)C(=O)N(COC2CCC(CC)CC2)C2CN(COC3CCC(CC)CC3)C(=O)N2COC2CCC(CC)CC2)CC1. The lowest BCUT2D eigenvalue weighted by molar-refractivity contribution is -0.0889. The van der Waals surface area contributed by atoms with Gasteiger partial charge in [0.1, 0.15) is 33.1 Å². The summed E-state index contributed by atoms with van der Waals surface area (Å²) in [5, 5.41) is 0. The number of rotatable bonds is 17. The third kappa shape index (κ3) is 11.7. The van der Waals surface area contributed by atoms with E-state index in [1.165, 1.54) is 64.2 Å². The molecular formula is C41H74N4O6. The molecule has 5 fully saturated rings. The molecular weight excluding hydrogens is 644 g/mol. The summed E-state index contributed by atoms with van der Waals surface area (Å²) >= 11 is 0. The molecule has 10 heteroatoms. The van der Waals surface area contributed by atoms with Crippen LogP contribution in [0.15, 0.2) is 0 Å². The first-order chi connectivity index (χ1) is 24.8. The minimum Gasteiger partial charge on any atom is -0.358 e. The number of amides is 4. The van der Waals surface area contributed by atoms with Crippen molar-refractivity contribution in [3.8, 4) is 0 Å². The predicted octanol–water partition coefficient (Wildman–Crippen LogP) is 9.18. The highest BCUT2D eigenvalue weighted by Gasteiger charge is 2.44. The highest BCUT2D eigenvalue weighted by Crippen LogP contribution is 2.33. The van der Waals surface area contributed by atoms with Crippen molar-refractivity contribution in [3.05, 3.63) is 0 Å². The van der Waals surface area contributed by atoms with Crippen molar-refractivity contribution in [2.24, 2.45) is 23.7 Å².